The molecule has 0 aliphatic carbocycles. The highest BCUT2D eigenvalue weighted by molar-refractivity contribution is 8.20. The molecule has 0 radical (unpaired) electrons. The number of rotatable bonds is 2. The number of para-hydroxylation sites is 1. The number of aryl methyl sites for hydroxylation is 2. The van der Waals surface area contributed by atoms with Gasteiger partial charge in [0.05, 0.1) is 22.1 Å². The Hall–Kier alpha value is -2.67. The van der Waals surface area contributed by atoms with E-state index < -0.39 is 0 Å². The van der Waals surface area contributed by atoms with Crippen molar-refractivity contribution in [2.75, 3.05) is 16.8 Å². The van der Waals surface area contributed by atoms with Gasteiger partial charge in [-0.2, -0.15) is 0 Å². The van der Waals surface area contributed by atoms with E-state index in [0.29, 0.717) is 15.1 Å². The highest BCUT2D eigenvalue weighted by Gasteiger charge is 2.40. The predicted octanol–water partition coefficient (Wildman–Crippen LogP) is 7.14. The van der Waals surface area contributed by atoms with Gasteiger partial charge in [-0.25, -0.2) is 4.99 Å². The molecule has 2 heterocycles. The molecule has 0 bridgehead atoms. The fraction of sp³-hybridized carbons (Fsp3) is 0.120. The van der Waals surface area contributed by atoms with Crippen molar-refractivity contribution in [3.05, 3.63) is 92.8 Å². The molecule has 4 nitrogen and oxygen atoms in total. The number of amidine groups is 1. The molecule has 32 heavy (non-hydrogen) atoms. The molecule has 1 saturated heterocycles. The van der Waals surface area contributed by atoms with Crippen LogP contribution in [0.15, 0.2) is 86.6 Å². The van der Waals surface area contributed by atoms with Crippen molar-refractivity contribution in [2.24, 2.45) is 4.99 Å². The fourth-order valence-corrected chi connectivity index (χ4v) is 6.10. The smallest absolute Gasteiger partial charge is 0.274 e. The minimum Gasteiger partial charge on any atom is -0.337 e. The molecule has 1 fully saturated rings. The van der Waals surface area contributed by atoms with Gasteiger partial charge in [-0.1, -0.05) is 59.3 Å². The summed E-state index contributed by atoms with van der Waals surface area (Å²) < 4.78 is 0. The summed E-state index contributed by atoms with van der Waals surface area (Å²) in [5, 5.41) is 2.22. The van der Waals surface area contributed by atoms with Gasteiger partial charge in [-0.05, 0) is 67.6 Å². The van der Waals surface area contributed by atoms with E-state index in [2.05, 4.69) is 0 Å². The van der Waals surface area contributed by atoms with Crippen LogP contribution in [0.25, 0.3) is 0 Å². The molecule has 3 aromatic rings. The number of nitrogens with zero attached hydrogens (tertiary/aromatic N) is 3. The summed E-state index contributed by atoms with van der Waals surface area (Å²) in [7, 11) is 1.97. The van der Waals surface area contributed by atoms with Crippen molar-refractivity contribution in [1.82, 2.24) is 0 Å². The van der Waals surface area contributed by atoms with Crippen molar-refractivity contribution in [3.8, 4) is 0 Å². The van der Waals surface area contributed by atoms with Gasteiger partial charge in [-0.15, -0.1) is 0 Å². The Kier molecular flexibility index (Phi) is 5.53. The Morgan fingerprint density at radius 1 is 0.938 bits per heavy atom. The van der Waals surface area contributed by atoms with Gasteiger partial charge >= 0.3 is 0 Å². The van der Waals surface area contributed by atoms with E-state index in [1.54, 1.807) is 16.7 Å². The van der Waals surface area contributed by atoms with Crippen LogP contribution in [-0.4, -0.2) is 18.1 Å². The van der Waals surface area contributed by atoms with Crippen LogP contribution in [-0.2, 0) is 4.79 Å². The first kappa shape index (κ1) is 21.2. The first-order chi connectivity index (χ1) is 15.4. The Labute approximate surface area is 201 Å². The number of amides is 1. The molecule has 0 N–H and O–H groups in total. The van der Waals surface area contributed by atoms with Gasteiger partial charge in [0.25, 0.3) is 5.91 Å². The number of carbonyl (C=O) groups excluding carboxylic acids is 1. The van der Waals surface area contributed by atoms with E-state index in [1.807, 2.05) is 92.5 Å². The van der Waals surface area contributed by atoms with E-state index in [1.165, 1.54) is 11.8 Å². The molecule has 0 atom stereocenters. The van der Waals surface area contributed by atoms with Gasteiger partial charge < -0.3 is 4.90 Å². The average molecular weight is 478 g/mol. The summed E-state index contributed by atoms with van der Waals surface area (Å²) in [6, 6.07) is 21.7. The minimum absolute atomic E-state index is 0.0700. The van der Waals surface area contributed by atoms with Crippen LogP contribution in [0.4, 0.5) is 17.1 Å². The molecule has 5 rings (SSSR count). The second-order valence-electron chi connectivity index (χ2n) is 7.67. The maximum Gasteiger partial charge on any atom is 0.274 e. The van der Waals surface area contributed by atoms with Crippen molar-refractivity contribution < 1.29 is 4.79 Å². The lowest BCUT2D eigenvalue weighted by atomic mass is 10.2. The minimum atomic E-state index is -0.0700. The van der Waals surface area contributed by atoms with Crippen LogP contribution < -0.4 is 9.80 Å². The molecular weight excluding hydrogens is 458 g/mol. The van der Waals surface area contributed by atoms with E-state index in [9.17, 15) is 4.79 Å². The molecule has 3 aromatic carbocycles. The summed E-state index contributed by atoms with van der Waals surface area (Å²) >= 11 is 9.22. The number of aliphatic imine (C=N–C) groups is 1. The van der Waals surface area contributed by atoms with E-state index in [4.69, 9.17) is 16.6 Å². The van der Waals surface area contributed by atoms with Gasteiger partial charge in [0.1, 0.15) is 4.91 Å². The Bertz CT molecular complexity index is 1300. The quantitative estimate of drug-likeness (QED) is 0.367. The highest BCUT2D eigenvalue weighted by atomic mass is 35.5. The van der Waals surface area contributed by atoms with E-state index in [0.717, 1.165) is 38.1 Å². The summed E-state index contributed by atoms with van der Waals surface area (Å²) in [6.45, 7) is 4.06. The molecular formula is C25H20ClN3OS2. The standard InChI is InChI=1S/C25H20ClN3OS2/c1-15-8-11-18(12-9-15)29-23(30)22(32-25(29)27-19-7-5-4-6-16(19)2)24-28(3)20-14-17(26)10-13-21(20)31-24/h4-14H,1-3H3. The summed E-state index contributed by atoms with van der Waals surface area (Å²) in [5.41, 5.74) is 4.87. The molecule has 2 aliphatic rings. The predicted molar refractivity (Wildman–Crippen MR) is 137 cm³/mol. The highest BCUT2D eigenvalue weighted by Crippen LogP contribution is 2.51. The van der Waals surface area contributed by atoms with Gasteiger partial charge in [0, 0.05) is 17.0 Å². The molecule has 0 saturated carbocycles. The molecule has 0 spiro atoms. The first-order valence-electron chi connectivity index (χ1n) is 10.1. The molecule has 7 heteroatoms. The van der Waals surface area contributed by atoms with Crippen LogP contribution in [0, 0.1) is 13.8 Å². The first-order valence-corrected chi connectivity index (χ1v) is 12.1. The molecule has 0 unspecified atom stereocenters. The Morgan fingerprint density at radius 2 is 1.69 bits per heavy atom. The maximum absolute atomic E-state index is 13.7. The largest absolute Gasteiger partial charge is 0.337 e. The van der Waals surface area contributed by atoms with Crippen LogP contribution >= 0.6 is 35.1 Å². The summed E-state index contributed by atoms with van der Waals surface area (Å²) in [4.78, 5) is 24.1. The summed E-state index contributed by atoms with van der Waals surface area (Å²) in [6.07, 6.45) is 0. The Balaban J connectivity index is 1.63. The van der Waals surface area contributed by atoms with Gasteiger partial charge in [0.2, 0.25) is 0 Å². The number of hydrogen-bond acceptors (Lipinski definition) is 5. The average Bonchev–Trinajstić information content (AvgIpc) is 3.27. The van der Waals surface area contributed by atoms with Crippen molar-refractivity contribution in [1.29, 1.82) is 0 Å². The second kappa shape index (κ2) is 8.35. The van der Waals surface area contributed by atoms with Crippen LogP contribution in [0.3, 0.4) is 0 Å². The third kappa shape index (κ3) is 3.72. The van der Waals surface area contributed by atoms with Crippen molar-refractivity contribution in [3.63, 3.8) is 0 Å². The second-order valence-corrected chi connectivity index (χ2v) is 10.1. The fourth-order valence-electron chi connectivity index (χ4n) is 3.61. The molecule has 2 aliphatic heterocycles. The van der Waals surface area contributed by atoms with Gasteiger partial charge in [-0.3, -0.25) is 9.69 Å². The number of benzene rings is 3. The van der Waals surface area contributed by atoms with Crippen molar-refractivity contribution >= 4 is 63.3 Å². The monoisotopic (exact) mass is 477 g/mol. The third-order valence-corrected chi connectivity index (χ3v) is 8.02. The van der Waals surface area contributed by atoms with Crippen LogP contribution in [0.5, 0.6) is 0 Å². The lowest BCUT2D eigenvalue weighted by Gasteiger charge is -2.17. The number of halogens is 1. The SMILES string of the molecule is Cc1ccc(N2C(=O)C(=C3Sc4ccc(Cl)cc4N3C)SC2=Nc2ccccc2C)cc1. The zero-order valence-corrected chi connectivity index (χ0v) is 20.2. The third-order valence-electron chi connectivity index (χ3n) is 5.39. The van der Waals surface area contributed by atoms with E-state index in [-0.39, 0.29) is 5.91 Å². The lowest BCUT2D eigenvalue weighted by molar-refractivity contribution is -0.113. The number of fused-ring (bicyclic) bond motifs is 1. The van der Waals surface area contributed by atoms with E-state index >= 15 is 0 Å². The Morgan fingerprint density at radius 3 is 2.44 bits per heavy atom. The van der Waals surface area contributed by atoms with Crippen LogP contribution in [0.2, 0.25) is 5.02 Å². The zero-order valence-electron chi connectivity index (χ0n) is 17.8. The zero-order chi connectivity index (χ0) is 22.4. The number of thioether (sulfide) groups is 2. The normalized spacial score (nSPS) is 19.2. The van der Waals surface area contributed by atoms with Gasteiger partial charge in [0.15, 0.2) is 5.17 Å². The molecule has 0 aromatic heterocycles. The van der Waals surface area contributed by atoms with Crippen LogP contribution in [0.1, 0.15) is 11.1 Å². The lowest BCUT2D eigenvalue weighted by Crippen LogP contribution is -2.29. The summed E-state index contributed by atoms with van der Waals surface area (Å²) in [5.74, 6) is -0.0700. The molecule has 160 valence electrons. The molecule has 1 amide bonds. The number of hydrogen-bond donors (Lipinski definition) is 0. The number of carbonyl (C=O) groups is 1. The maximum atomic E-state index is 13.7. The topological polar surface area (TPSA) is 35.9 Å². The van der Waals surface area contributed by atoms with Crippen molar-refractivity contribution in [2.45, 2.75) is 18.7 Å². The number of anilines is 2.